The Morgan fingerprint density at radius 3 is 2.77 bits per heavy atom. The van der Waals surface area contributed by atoms with Gasteiger partial charge in [0.15, 0.2) is 5.65 Å². The molecular weight excluding hydrogens is 394 g/mol. The highest BCUT2D eigenvalue weighted by Crippen LogP contribution is 2.34. The number of likely N-dealkylation sites (N-methyl/N-ethyl adjacent to an activating group) is 1. The fourth-order valence-corrected chi connectivity index (χ4v) is 3.81. The molecule has 1 amide bonds. The van der Waals surface area contributed by atoms with Crippen LogP contribution in [0.5, 0.6) is 5.75 Å². The van der Waals surface area contributed by atoms with E-state index >= 15 is 0 Å². The molecule has 162 valence electrons. The van der Waals surface area contributed by atoms with Crippen LogP contribution in [0.15, 0.2) is 42.7 Å². The molecule has 0 saturated carbocycles. The molecule has 9 heteroatoms. The van der Waals surface area contributed by atoms with Crippen molar-refractivity contribution in [2.45, 2.75) is 12.5 Å². The van der Waals surface area contributed by atoms with Crippen molar-refractivity contribution in [2.24, 2.45) is 0 Å². The Morgan fingerprint density at radius 2 is 2.06 bits per heavy atom. The highest BCUT2D eigenvalue weighted by molar-refractivity contribution is 5.98. The lowest BCUT2D eigenvalue weighted by atomic mass is 10.1. The summed E-state index contributed by atoms with van der Waals surface area (Å²) in [5.74, 6) is 1.17. The molecule has 0 spiro atoms. The summed E-state index contributed by atoms with van der Waals surface area (Å²) >= 11 is 0. The number of benzene rings is 1. The highest BCUT2D eigenvalue weighted by atomic mass is 16.5. The maximum atomic E-state index is 12.5. The molecule has 2 aromatic heterocycles. The number of carbonyl (C=O) groups is 1. The normalized spacial score (nSPS) is 16.6. The number of nitrogens with zero attached hydrogens (tertiary/aromatic N) is 6. The minimum Gasteiger partial charge on any atom is -0.497 e. The monoisotopic (exact) mass is 421 g/mol. The van der Waals surface area contributed by atoms with Gasteiger partial charge in [0.1, 0.15) is 23.6 Å². The number of ether oxygens (including phenoxy) is 1. The molecule has 2 N–H and O–H groups in total. The molecule has 9 nitrogen and oxygen atoms in total. The Hall–Kier alpha value is -3.46. The van der Waals surface area contributed by atoms with Crippen molar-refractivity contribution in [2.75, 3.05) is 46.6 Å². The van der Waals surface area contributed by atoms with E-state index in [0.29, 0.717) is 24.6 Å². The van der Waals surface area contributed by atoms with E-state index in [1.807, 2.05) is 58.9 Å². The second kappa shape index (κ2) is 8.73. The van der Waals surface area contributed by atoms with Gasteiger partial charge in [-0.1, -0.05) is 6.08 Å². The highest BCUT2D eigenvalue weighted by Gasteiger charge is 2.30. The molecule has 3 heterocycles. The third kappa shape index (κ3) is 4.22. The van der Waals surface area contributed by atoms with Crippen molar-refractivity contribution >= 4 is 22.8 Å². The molecule has 0 bridgehead atoms. The number of hydrogen-bond acceptors (Lipinski definition) is 7. The molecule has 1 atom stereocenters. The van der Waals surface area contributed by atoms with E-state index in [1.54, 1.807) is 13.2 Å². The number of methoxy groups -OCH3 is 1. The number of nitrogen functional groups attached to an aromatic ring is 1. The van der Waals surface area contributed by atoms with Crippen molar-refractivity contribution in [1.29, 1.82) is 0 Å². The zero-order valence-corrected chi connectivity index (χ0v) is 18.0. The van der Waals surface area contributed by atoms with Crippen LogP contribution in [0.4, 0.5) is 5.82 Å². The van der Waals surface area contributed by atoms with Gasteiger partial charge in [-0.3, -0.25) is 4.79 Å². The third-order valence-corrected chi connectivity index (χ3v) is 5.43. The van der Waals surface area contributed by atoms with Crippen molar-refractivity contribution in [1.82, 2.24) is 29.5 Å². The van der Waals surface area contributed by atoms with Gasteiger partial charge in [-0.15, -0.1) is 0 Å². The van der Waals surface area contributed by atoms with Crippen LogP contribution in [-0.4, -0.2) is 76.3 Å². The maximum absolute atomic E-state index is 12.5. The lowest BCUT2D eigenvalue weighted by Gasteiger charge is -2.15. The van der Waals surface area contributed by atoms with Gasteiger partial charge < -0.3 is 20.3 Å². The van der Waals surface area contributed by atoms with E-state index in [2.05, 4.69) is 9.97 Å². The average molecular weight is 422 g/mol. The molecular formula is C22H27N7O2. The predicted octanol–water partition coefficient (Wildman–Crippen LogP) is 1.98. The molecule has 4 rings (SSSR count). The molecule has 1 unspecified atom stereocenters. The van der Waals surface area contributed by atoms with Gasteiger partial charge in [0.2, 0.25) is 5.91 Å². The van der Waals surface area contributed by atoms with E-state index in [-0.39, 0.29) is 11.9 Å². The summed E-state index contributed by atoms with van der Waals surface area (Å²) in [6.45, 7) is 1.98. The second-order valence-electron chi connectivity index (χ2n) is 7.87. The van der Waals surface area contributed by atoms with Gasteiger partial charge in [-0.05, 0) is 44.8 Å². The molecule has 1 aliphatic heterocycles. The average Bonchev–Trinajstić information content (AvgIpc) is 3.39. The quantitative estimate of drug-likeness (QED) is 0.607. The van der Waals surface area contributed by atoms with E-state index in [4.69, 9.17) is 15.6 Å². The number of rotatable bonds is 6. The van der Waals surface area contributed by atoms with Crippen LogP contribution < -0.4 is 10.5 Å². The van der Waals surface area contributed by atoms with Crippen LogP contribution in [0.25, 0.3) is 22.3 Å². The van der Waals surface area contributed by atoms with Crippen LogP contribution in [-0.2, 0) is 4.79 Å². The van der Waals surface area contributed by atoms with Gasteiger partial charge in [0.05, 0.1) is 18.5 Å². The lowest BCUT2D eigenvalue weighted by molar-refractivity contribution is -0.125. The van der Waals surface area contributed by atoms with Gasteiger partial charge >= 0.3 is 0 Å². The first kappa shape index (κ1) is 20.8. The first-order valence-corrected chi connectivity index (χ1v) is 10.2. The van der Waals surface area contributed by atoms with Crippen LogP contribution >= 0.6 is 0 Å². The third-order valence-electron chi connectivity index (χ3n) is 5.43. The molecule has 1 saturated heterocycles. The lowest BCUT2D eigenvalue weighted by Crippen LogP contribution is -2.28. The Kier molecular flexibility index (Phi) is 5.85. The second-order valence-corrected chi connectivity index (χ2v) is 7.87. The van der Waals surface area contributed by atoms with Crippen molar-refractivity contribution in [3.8, 4) is 17.0 Å². The van der Waals surface area contributed by atoms with Crippen molar-refractivity contribution < 1.29 is 9.53 Å². The number of hydrogen-bond donors (Lipinski definition) is 1. The first-order valence-electron chi connectivity index (χ1n) is 10.2. The number of nitrogens with two attached hydrogens (primary N) is 1. The Labute approximate surface area is 181 Å². The molecule has 1 fully saturated rings. The van der Waals surface area contributed by atoms with Gasteiger partial charge in [0, 0.05) is 31.3 Å². The smallest absolute Gasteiger partial charge is 0.246 e. The molecule has 1 aromatic carbocycles. The fourth-order valence-electron chi connectivity index (χ4n) is 3.81. The Bertz CT molecular complexity index is 1100. The fraction of sp³-hybridized carbons (Fsp3) is 0.364. The van der Waals surface area contributed by atoms with E-state index < -0.39 is 0 Å². The van der Waals surface area contributed by atoms with Gasteiger partial charge in [-0.2, -0.15) is 5.10 Å². The largest absolute Gasteiger partial charge is 0.497 e. The number of aromatic nitrogens is 4. The summed E-state index contributed by atoms with van der Waals surface area (Å²) < 4.78 is 7.15. The topological polar surface area (TPSA) is 102 Å². The minimum absolute atomic E-state index is 0.0188. The van der Waals surface area contributed by atoms with E-state index in [9.17, 15) is 4.79 Å². The number of likely N-dealkylation sites (tertiary alicyclic amines) is 1. The molecule has 31 heavy (non-hydrogen) atoms. The molecule has 3 aromatic rings. The predicted molar refractivity (Wildman–Crippen MR) is 120 cm³/mol. The van der Waals surface area contributed by atoms with Crippen molar-refractivity contribution in [3.05, 3.63) is 42.7 Å². The van der Waals surface area contributed by atoms with Crippen LogP contribution in [0.3, 0.4) is 0 Å². The van der Waals surface area contributed by atoms with Crippen LogP contribution in [0, 0.1) is 0 Å². The SMILES string of the molecule is COc1ccc(-c2nn(C3CCN(C(=O)C=CCN(C)C)C3)c3ncnc(N)c23)cc1. The minimum atomic E-state index is 0.0188. The summed E-state index contributed by atoms with van der Waals surface area (Å²) in [6.07, 6.45) is 5.78. The summed E-state index contributed by atoms with van der Waals surface area (Å²) in [5, 5.41) is 5.59. The summed E-state index contributed by atoms with van der Waals surface area (Å²) in [4.78, 5) is 25.0. The first-order chi connectivity index (χ1) is 15.0. The number of amides is 1. The zero-order chi connectivity index (χ0) is 22.0. The van der Waals surface area contributed by atoms with E-state index in [1.165, 1.54) is 6.33 Å². The van der Waals surface area contributed by atoms with E-state index in [0.717, 1.165) is 35.4 Å². The summed E-state index contributed by atoms with van der Waals surface area (Å²) in [5.41, 5.74) is 8.53. The Morgan fingerprint density at radius 1 is 1.29 bits per heavy atom. The number of carbonyl (C=O) groups excluding carboxylic acids is 1. The zero-order valence-electron chi connectivity index (χ0n) is 18.0. The Balaban J connectivity index is 1.63. The number of fused-ring (bicyclic) bond motifs is 1. The standard InChI is InChI=1S/C22H27N7O2/c1-27(2)11-4-5-18(30)28-12-10-16(13-28)29-22-19(21(23)24-14-25-22)20(26-29)15-6-8-17(31-3)9-7-15/h4-9,14,16H,10-13H2,1-3H3,(H2,23,24,25). The molecule has 1 aliphatic rings. The van der Waals surface area contributed by atoms with Crippen LogP contribution in [0.2, 0.25) is 0 Å². The summed E-state index contributed by atoms with van der Waals surface area (Å²) in [7, 11) is 5.57. The maximum Gasteiger partial charge on any atom is 0.246 e. The van der Waals surface area contributed by atoms with Gasteiger partial charge in [-0.25, -0.2) is 14.6 Å². The van der Waals surface area contributed by atoms with Crippen LogP contribution in [0.1, 0.15) is 12.5 Å². The molecule has 0 aliphatic carbocycles. The number of anilines is 1. The summed E-state index contributed by atoms with van der Waals surface area (Å²) in [6, 6.07) is 7.68. The molecule has 0 radical (unpaired) electrons. The van der Waals surface area contributed by atoms with Crippen molar-refractivity contribution in [3.63, 3.8) is 0 Å². The van der Waals surface area contributed by atoms with Gasteiger partial charge in [0.25, 0.3) is 0 Å².